The van der Waals surface area contributed by atoms with Crippen molar-refractivity contribution in [3.05, 3.63) is 36.4 Å². The largest absolute Gasteiger partial charge is 0.454 e. The number of aromatic nitrogens is 2. The lowest BCUT2D eigenvalue weighted by molar-refractivity contribution is -0.135. The SMILES string of the molecule is C=C(C)c1cc2ccc3[nH]c(C4CCCN4C(=O)C(NC(=O)OC)C(C)C)nc3c2o1. The van der Waals surface area contributed by atoms with Crippen molar-refractivity contribution in [1.29, 1.82) is 0 Å². The number of benzene rings is 1. The van der Waals surface area contributed by atoms with Gasteiger partial charge in [-0.05, 0) is 49.5 Å². The number of fused-ring (bicyclic) bond motifs is 3. The summed E-state index contributed by atoms with van der Waals surface area (Å²) in [4.78, 5) is 35.1. The van der Waals surface area contributed by atoms with E-state index in [1.165, 1.54) is 7.11 Å². The lowest BCUT2D eigenvalue weighted by Gasteiger charge is -2.29. The number of alkyl carbamates (subject to hydrolysis) is 1. The number of allylic oxidation sites excluding steroid dienone is 1. The molecule has 8 nitrogen and oxygen atoms in total. The summed E-state index contributed by atoms with van der Waals surface area (Å²) in [5.41, 5.74) is 3.16. The molecule has 3 aromatic rings. The maximum atomic E-state index is 13.3. The first-order valence-corrected chi connectivity index (χ1v) is 10.5. The summed E-state index contributed by atoms with van der Waals surface area (Å²) in [6.07, 6.45) is 1.05. The molecule has 2 N–H and O–H groups in total. The second-order valence-corrected chi connectivity index (χ2v) is 8.44. The van der Waals surface area contributed by atoms with Crippen LogP contribution in [0.15, 0.2) is 29.2 Å². The highest BCUT2D eigenvalue weighted by atomic mass is 16.5. The molecule has 1 saturated heterocycles. The number of ether oxygens (including phenoxy) is 1. The van der Waals surface area contributed by atoms with Crippen LogP contribution < -0.4 is 5.32 Å². The minimum atomic E-state index is -0.660. The Morgan fingerprint density at radius 1 is 1.39 bits per heavy atom. The van der Waals surface area contributed by atoms with Crippen molar-refractivity contribution >= 4 is 39.6 Å². The van der Waals surface area contributed by atoms with E-state index in [-0.39, 0.29) is 17.9 Å². The summed E-state index contributed by atoms with van der Waals surface area (Å²) in [7, 11) is 1.29. The third-order valence-corrected chi connectivity index (χ3v) is 5.82. The number of aromatic amines is 1. The highest BCUT2D eigenvalue weighted by Crippen LogP contribution is 2.35. The topological polar surface area (TPSA) is 100 Å². The molecule has 1 fully saturated rings. The third-order valence-electron chi connectivity index (χ3n) is 5.82. The molecule has 164 valence electrons. The number of furan rings is 1. The molecule has 0 aliphatic carbocycles. The molecule has 2 unspecified atom stereocenters. The summed E-state index contributed by atoms with van der Waals surface area (Å²) in [5, 5.41) is 3.64. The van der Waals surface area contributed by atoms with Gasteiger partial charge >= 0.3 is 6.09 Å². The number of carbonyl (C=O) groups is 2. The second-order valence-electron chi connectivity index (χ2n) is 8.44. The van der Waals surface area contributed by atoms with Crippen LogP contribution in [0.1, 0.15) is 51.2 Å². The lowest BCUT2D eigenvalue weighted by Crippen LogP contribution is -2.51. The number of hydrogen-bond donors (Lipinski definition) is 2. The summed E-state index contributed by atoms with van der Waals surface area (Å²) in [5.74, 6) is 1.25. The fraction of sp³-hybridized carbons (Fsp3) is 0.435. The summed E-state index contributed by atoms with van der Waals surface area (Å²) < 4.78 is 10.7. The zero-order valence-corrected chi connectivity index (χ0v) is 18.3. The number of nitrogens with one attached hydrogen (secondary N) is 2. The minimum absolute atomic E-state index is 0.0770. The van der Waals surface area contributed by atoms with Gasteiger partial charge in [0.25, 0.3) is 0 Å². The smallest absolute Gasteiger partial charge is 0.407 e. The van der Waals surface area contributed by atoms with Gasteiger partial charge in [-0.25, -0.2) is 9.78 Å². The van der Waals surface area contributed by atoms with Crippen molar-refractivity contribution in [1.82, 2.24) is 20.2 Å². The van der Waals surface area contributed by atoms with Crippen LogP contribution >= 0.6 is 0 Å². The molecule has 1 aliphatic rings. The highest BCUT2D eigenvalue weighted by molar-refractivity contribution is 6.01. The van der Waals surface area contributed by atoms with E-state index in [1.54, 1.807) is 4.90 Å². The Hall–Kier alpha value is -3.29. The number of methoxy groups -OCH3 is 1. The first-order chi connectivity index (χ1) is 14.8. The highest BCUT2D eigenvalue weighted by Gasteiger charge is 2.37. The lowest BCUT2D eigenvalue weighted by atomic mass is 10.0. The zero-order valence-electron chi connectivity index (χ0n) is 18.3. The van der Waals surface area contributed by atoms with Crippen molar-refractivity contribution in [2.24, 2.45) is 5.92 Å². The first kappa shape index (κ1) is 21.0. The molecule has 0 radical (unpaired) electrons. The predicted molar refractivity (Wildman–Crippen MR) is 118 cm³/mol. The Bertz CT molecular complexity index is 1160. The number of hydrogen-bond acceptors (Lipinski definition) is 5. The van der Waals surface area contributed by atoms with E-state index in [1.807, 2.05) is 39.0 Å². The van der Waals surface area contributed by atoms with Gasteiger partial charge in [-0.1, -0.05) is 20.4 Å². The van der Waals surface area contributed by atoms with E-state index in [0.29, 0.717) is 12.1 Å². The van der Waals surface area contributed by atoms with Gasteiger partial charge in [-0.3, -0.25) is 4.79 Å². The van der Waals surface area contributed by atoms with Crippen LogP contribution in [0.25, 0.3) is 27.6 Å². The molecule has 0 saturated carbocycles. The third kappa shape index (κ3) is 3.78. The fourth-order valence-corrected chi connectivity index (χ4v) is 4.15. The van der Waals surface area contributed by atoms with E-state index in [0.717, 1.165) is 46.4 Å². The van der Waals surface area contributed by atoms with Gasteiger partial charge in [-0.15, -0.1) is 0 Å². The van der Waals surface area contributed by atoms with Crippen LogP contribution in [-0.2, 0) is 9.53 Å². The Morgan fingerprint density at radius 3 is 2.84 bits per heavy atom. The standard InChI is InChI=1S/C23H28N4O4/c1-12(2)17-11-14-8-9-15-19(20(14)31-17)25-21(24-15)16-7-6-10-27(16)22(28)18(13(3)4)26-23(29)30-5/h8-9,11,13,16,18H,1,6-7,10H2,2-5H3,(H,24,25)(H,26,29). The van der Waals surface area contributed by atoms with Gasteiger partial charge < -0.3 is 24.4 Å². The molecule has 1 aromatic carbocycles. The van der Waals surface area contributed by atoms with E-state index in [4.69, 9.17) is 14.1 Å². The maximum absolute atomic E-state index is 13.3. The van der Waals surface area contributed by atoms with Crippen molar-refractivity contribution in [2.45, 2.75) is 45.7 Å². The van der Waals surface area contributed by atoms with Gasteiger partial charge in [0.05, 0.1) is 18.7 Å². The van der Waals surface area contributed by atoms with E-state index >= 15 is 0 Å². The second kappa shape index (κ2) is 8.09. The average molecular weight is 425 g/mol. The summed E-state index contributed by atoms with van der Waals surface area (Å²) >= 11 is 0. The number of imidazole rings is 1. The summed E-state index contributed by atoms with van der Waals surface area (Å²) in [6.45, 7) is 10.3. The summed E-state index contributed by atoms with van der Waals surface area (Å²) in [6, 6.07) is 5.08. The van der Waals surface area contributed by atoms with Crippen LogP contribution in [0, 0.1) is 5.92 Å². The monoisotopic (exact) mass is 424 g/mol. The minimum Gasteiger partial charge on any atom is -0.454 e. The number of rotatable bonds is 5. The van der Waals surface area contributed by atoms with Gasteiger partial charge in [0.15, 0.2) is 5.58 Å². The van der Waals surface area contributed by atoms with E-state index in [2.05, 4.69) is 16.9 Å². The quantitative estimate of drug-likeness (QED) is 0.633. The molecular formula is C23H28N4O4. The molecule has 31 heavy (non-hydrogen) atoms. The Kier molecular flexibility index (Phi) is 5.47. The molecule has 8 heteroatoms. The van der Waals surface area contributed by atoms with Gasteiger partial charge in [0.2, 0.25) is 5.91 Å². The maximum Gasteiger partial charge on any atom is 0.407 e. The van der Waals surface area contributed by atoms with Crippen molar-refractivity contribution in [2.75, 3.05) is 13.7 Å². The molecule has 2 atom stereocenters. The molecule has 4 rings (SSSR count). The number of amides is 2. The van der Waals surface area contributed by atoms with Gasteiger partial charge in [0, 0.05) is 11.9 Å². The van der Waals surface area contributed by atoms with Crippen molar-refractivity contribution < 1.29 is 18.7 Å². The molecule has 1 aliphatic heterocycles. The number of nitrogens with zero attached hydrogens (tertiary/aromatic N) is 2. The van der Waals surface area contributed by atoms with Gasteiger partial charge in [-0.2, -0.15) is 0 Å². The zero-order chi connectivity index (χ0) is 22.3. The Balaban J connectivity index is 1.67. The number of likely N-dealkylation sites (tertiary alicyclic amines) is 1. The predicted octanol–water partition coefficient (Wildman–Crippen LogP) is 4.39. The van der Waals surface area contributed by atoms with Crippen LogP contribution in [0.4, 0.5) is 4.79 Å². The average Bonchev–Trinajstić information content (AvgIpc) is 3.46. The molecular weight excluding hydrogens is 396 g/mol. The fourth-order valence-electron chi connectivity index (χ4n) is 4.15. The van der Waals surface area contributed by atoms with Crippen molar-refractivity contribution in [3.8, 4) is 0 Å². The Morgan fingerprint density at radius 2 is 2.16 bits per heavy atom. The molecule has 2 amide bonds. The molecule has 0 bridgehead atoms. The number of carbonyl (C=O) groups excluding carboxylic acids is 2. The van der Waals surface area contributed by atoms with E-state index < -0.39 is 12.1 Å². The Labute approximate surface area is 180 Å². The van der Waals surface area contributed by atoms with Gasteiger partial charge in [0.1, 0.15) is 23.1 Å². The van der Waals surface area contributed by atoms with Crippen LogP contribution in [0.2, 0.25) is 0 Å². The normalized spacial score (nSPS) is 17.5. The number of H-pyrrole nitrogens is 1. The van der Waals surface area contributed by atoms with Crippen LogP contribution in [0.5, 0.6) is 0 Å². The van der Waals surface area contributed by atoms with Crippen LogP contribution in [-0.4, -0.2) is 46.6 Å². The van der Waals surface area contributed by atoms with E-state index in [9.17, 15) is 9.59 Å². The molecule has 2 aromatic heterocycles. The van der Waals surface area contributed by atoms with Crippen molar-refractivity contribution in [3.63, 3.8) is 0 Å². The molecule has 3 heterocycles. The van der Waals surface area contributed by atoms with Crippen LogP contribution in [0.3, 0.4) is 0 Å². The molecule has 0 spiro atoms. The first-order valence-electron chi connectivity index (χ1n) is 10.5.